The third-order valence-electron chi connectivity index (χ3n) is 7.44. The topological polar surface area (TPSA) is 59.4 Å². The molecule has 3 aromatic rings. The summed E-state index contributed by atoms with van der Waals surface area (Å²) < 4.78 is 7.24. The second-order valence-corrected chi connectivity index (χ2v) is 9.88. The molecular weight excluding hydrogens is 456 g/mol. The van der Waals surface area contributed by atoms with E-state index in [1.165, 1.54) is 31.9 Å². The van der Waals surface area contributed by atoms with Crippen LogP contribution < -0.4 is 5.32 Å². The molecule has 6 nitrogen and oxygen atoms in total. The lowest BCUT2D eigenvalue weighted by molar-refractivity contribution is 0.0600. The Morgan fingerprint density at radius 2 is 1.83 bits per heavy atom. The van der Waals surface area contributed by atoms with Gasteiger partial charge in [0.25, 0.3) is 0 Å². The number of hydrogen-bond donors (Lipinski definition) is 1. The summed E-state index contributed by atoms with van der Waals surface area (Å²) in [5.74, 6) is -0.339. The first kappa shape index (κ1) is 23.5. The van der Waals surface area contributed by atoms with Crippen molar-refractivity contribution in [2.24, 2.45) is 0 Å². The molecule has 35 heavy (non-hydrogen) atoms. The van der Waals surface area contributed by atoms with E-state index in [0.717, 1.165) is 40.7 Å². The average Bonchev–Trinajstić information content (AvgIpc) is 3.39. The maximum atomic E-state index is 12.6. The van der Waals surface area contributed by atoms with Gasteiger partial charge in [0.2, 0.25) is 0 Å². The summed E-state index contributed by atoms with van der Waals surface area (Å²) in [5.41, 5.74) is 5.72. The first-order valence-corrected chi connectivity index (χ1v) is 12.8. The van der Waals surface area contributed by atoms with Gasteiger partial charge in [0.05, 0.1) is 36.1 Å². The number of pyridine rings is 1. The zero-order chi connectivity index (χ0) is 24.5. The zero-order valence-electron chi connectivity index (χ0n) is 20.5. The number of aromatic nitrogens is 2. The number of nitrogens with one attached hydrogen (secondary N) is 1. The number of para-hydroxylation sites is 1. The predicted molar refractivity (Wildman–Crippen MR) is 141 cm³/mol. The number of carbonyl (C=O) groups is 1. The largest absolute Gasteiger partial charge is 0.465 e. The standard InChI is InChI=1S/C28H32N4O2S/c1-18-17-22(19(2)31(18)24-15-8-7-13-21(24)27(33)34-3)26-25(23-14-9-10-16-29-23)30-28(35)32(26)20-11-5-4-6-12-20/h7-10,13-17,20,25-26H,4-6,11-12H2,1-3H3,(H,30,35)/t25-,26+/m1/s1. The van der Waals surface area contributed by atoms with E-state index >= 15 is 0 Å². The summed E-state index contributed by atoms with van der Waals surface area (Å²) in [6, 6.07) is 16.3. The maximum Gasteiger partial charge on any atom is 0.339 e. The first-order valence-electron chi connectivity index (χ1n) is 12.4. The monoisotopic (exact) mass is 488 g/mol. The van der Waals surface area contributed by atoms with Gasteiger partial charge in [-0.15, -0.1) is 0 Å². The lowest BCUT2D eigenvalue weighted by Gasteiger charge is -2.37. The molecule has 1 saturated carbocycles. The third kappa shape index (κ3) is 4.22. The van der Waals surface area contributed by atoms with Crippen LogP contribution in [0.1, 0.15) is 77.2 Å². The zero-order valence-corrected chi connectivity index (χ0v) is 21.3. The Bertz CT molecular complexity index is 1230. The Labute approximate surface area is 212 Å². The van der Waals surface area contributed by atoms with Crippen molar-refractivity contribution in [3.05, 3.63) is 82.9 Å². The molecular formula is C28H32N4O2S. The number of aryl methyl sites for hydroxylation is 1. The fourth-order valence-corrected chi connectivity index (χ4v) is 6.25. The summed E-state index contributed by atoms with van der Waals surface area (Å²) in [6.45, 7) is 4.22. The smallest absolute Gasteiger partial charge is 0.339 e. The minimum atomic E-state index is -0.339. The molecule has 2 fully saturated rings. The van der Waals surface area contributed by atoms with Crippen LogP contribution in [0.3, 0.4) is 0 Å². The van der Waals surface area contributed by atoms with Crippen molar-refractivity contribution >= 4 is 23.3 Å². The molecule has 7 heteroatoms. The van der Waals surface area contributed by atoms with Crippen molar-refractivity contribution < 1.29 is 9.53 Å². The molecule has 1 aliphatic carbocycles. The molecule has 1 aromatic carbocycles. The number of thiocarbonyl (C=S) groups is 1. The quantitative estimate of drug-likeness (QED) is 0.374. The summed E-state index contributed by atoms with van der Waals surface area (Å²) in [5, 5.41) is 4.42. The Morgan fingerprint density at radius 3 is 2.54 bits per heavy atom. The van der Waals surface area contributed by atoms with Crippen LogP contribution in [-0.4, -0.2) is 38.7 Å². The van der Waals surface area contributed by atoms with Gasteiger partial charge in [-0.05, 0) is 74.8 Å². The molecule has 5 rings (SSSR count). The summed E-state index contributed by atoms with van der Waals surface area (Å²) in [7, 11) is 1.42. The van der Waals surface area contributed by atoms with Crippen LogP contribution in [-0.2, 0) is 4.74 Å². The molecule has 1 aliphatic heterocycles. The van der Waals surface area contributed by atoms with E-state index in [-0.39, 0.29) is 18.1 Å². The van der Waals surface area contributed by atoms with Crippen molar-refractivity contribution in [1.82, 2.24) is 19.8 Å². The van der Waals surface area contributed by atoms with Crippen LogP contribution in [0.2, 0.25) is 0 Å². The highest BCUT2D eigenvalue weighted by atomic mass is 32.1. The minimum absolute atomic E-state index is 0.0192. The van der Waals surface area contributed by atoms with Gasteiger partial charge in [0.1, 0.15) is 0 Å². The normalized spacial score (nSPS) is 20.7. The molecule has 182 valence electrons. The van der Waals surface area contributed by atoms with Crippen molar-refractivity contribution in [2.75, 3.05) is 7.11 Å². The predicted octanol–water partition coefficient (Wildman–Crippen LogP) is 5.58. The number of nitrogens with zero attached hydrogens (tertiary/aromatic N) is 3. The van der Waals surface area contributed by atoms with Crippen LogP contribution in [0.25, 0.3) is 5.69 Å². The summed E-state index contributed by atoms with van der Waals surface area (Å²) in [6.07, 6.45) is 7.90. The van der Waals surface area contributed by atoms with Gasteiger partial charge in [-0.1, -0.05) is 37.5 Å². The Morgan fingerprint density at radius 1 is 1.09 bits per heavy atom. The van der Waals surface area contributed by atoms with Gasteiger partial charge in [0, 0.05) is 23.6 Å². The molecule has 2 aliphatic rings. The molecule has 2 atom stereocenters. The minimum Gasteiger partial charge on any atom is -0.465 e. The second-order valence-electron chi connectivity index (χ2n) is 9.50. The van der Waals surface area contributed by atoms with Crippen molar-refractivity contribution in [3.8, 4) is 5.69 Å². The van der Waals surface area contributed by atoms with E-state index < -0.39 is 0 Å². The van der Waals surface area contributed by atoms with Crippen LogP contribution in [0.15, 0.2) is 54.7 Å². The summed E-state index contributed by atoms with van der Waals surface area (Å²) >= 11 is 5.94. The highest BCUT2D eigenvalue weighted by Gasteiger charge is 2.44. The van der Waals surface area contributed by atoms with Gasteiger partial charge < -0.3 is 19.5 Å². The number of rotatable bonds is 5. The molecule has 1 N–H and O–H groups in total. The van der Waals surface area contributed by atoms with Gasteiger partial charge in [0.15, 0.2) is 5.11 Å². The lowest BCUT2D eigenvalue weighted by Crippen LogP contribution is -2.40. The molecule has 0 radical (unpaired) electrons. The van der Waals surface area contributed by atoms with Gasteiger partial charge in [-0.2, -0.15) is 0 Å². The molecule has 1 saturated heterocycles. The van der Waals surface area contributed by atoms with E-state index in [4.69, 9.17) is 21.9 Å². The molecule has 0 unspecified atom stereocenters. The second kappa shape index (κ2) is 9.82. The highest BCUT2D eigenvalue weighted by Crippen LogP contribution is 2.44. The van der Waals surface area contributed by atoms with Crippen LogP contribution in [0.5, 0.6) is 0 Å². The highest BCUT2D eigenvalue weighted by molar-refractivity contribution is 7.80. The van der Waals surface area contributed by atoms with E-state index in [1.54, 1.807) is 0 Å². The van der Waals surface area contributed by atoms with Crippen LogP contribution in [0, 0.1) is 13.8 Å². The Balaban J connectivity index is 1.65. The van der Waals surface area contributed by atoms with Gasteiger partial charge in [-0.3, -0.25) is 4.98 Å². The summed E-state index contributed by atoms with van der Waals surface area (Å²) in [4.78, 5) is 19.7. The molecule has 0 spiro atoms. The first-order chi connectivity index (χ1) is 17.0. The van der Waals surface area contributed by atoms with E-state index in [0.29, 0.717) is 11.6 Å². The SMILES string of the molecule is COC(=O)c1ccccc1-n1c(C)cc([C@H]2[C@@H](c3ccccn3)NC(=S)N2C2CCCCC2)c1C. The van der Waals surface area contributed by atoms with Crippen LogP contribution in [0.4, 0.5) is 0 Å². The number of methoxy groups -OCH3 is 1. The van der Waals surface area contributed by atoms with E-state index in [2.05, 4.69) is 40.8 Å². The number of esters is 1. The van der Waals surface area contributed by atoms with E-state index in [1.807, 2.05) is 42.6 Å². The fraction of sp³-hybridized carbons (Fsp3) is 0.393. The average molecular weight is 489 g/mol. The third-order valence-corrected chi connectivity index (χ3v) is 7.77. The van der Waals surface area contributed by atoms with Crippen molar-refractivity contribution in [1.29, 1.82) is 0 Å². The number of hydrogen-bond acceptors (Lipinski definition) is 4. The van der Waals surface area contributed by atoms with Crippen molar-refractivity contribution in [3.63, 3.8) is 0 Å². The number of ether oxygens (including phenoxy) is 1. The molecule has 3 heterocycles. The van der Waals surface area contributed by atoms with Crippen molar-refractivity contribution in [2.45, 2.75) is 64.1 Å². The Hall–Kier alpha value is -3.19. The molecule has 0 bridgehead atoms. The molecule has 2 aromatic heterocycles. The fourth-order valence-electron chi connectivity index (χ4n) is 5.86. The maximum absolute atomic E-state index is 12.6. The number of benzene rings is 1. The van der Waals surface area contributed by atoms with Gasteiger partial charge in [-0.25, -0.2) is 4.79 Å². The molecule has 0 amide bonds. The lowest BCUT2D eigenvalue weighted by atomic mass is 9.90. The van der Waals surface area contributed by atoms with Gasteiger partial charge >= 0.3 is 5.97 Å². The Kier molecular flexibility index (Phi) is 6.60. The number of carbonyl (C=O) groups excluding carboxylic acids is 1. The van der Waals surface area contributed by atoms with Crippen LogP contribution >= 0.6 is 12.2 Å². The van der Waals surface area contributed by atoms with E-state index in [9.17, 15) is 4.79 Å².